The molecule has 3 rings (SSSR count). The summed E-state index contributed by atoms with van der Waals surface area (Å²) >= 11 is 0. The number of anilines is 2. The van der Waals surface area contributed by atoms with Gasteiger partial charge >= 0.3 is 5.97 Å². The Bertz CT molecular complexity index is 1010. The number of hydrogen-bond donors (Lipinski definition) is 2. The Morgan fingerprint density at radius 2 is 1.63 bits per heavy atom. The van der Waals surface area contributed by atoms with Crippen LogP contribution in [0, 0.1) is 0 Å². The first kappa shape index (κ1) is 21.8. The highest BCUT2D eigenvalue weighted by Crippen LogP contribution is 2.22. The Hall–Kier alpha value is -2.91. The summed E-state index contributed by atoms with van der Waals surface area (Å²) in [6, 6.07) is 12.7. The van der Waals surface area contributed by atoms with E-state index in [1.165, 1.54) is 31.2 Å². The molecule has 0 saturated heterocycles. The zero-order valence-corrected chi connectivity index (χ0v) is 17.9. The molecule has 1 aliphatic carbocycles. The summed E-state index contributed by atoms with van der Waals surface area (Å²) in [5.41, 5.74) is 1.74. The molecular formula is C21H25N3O5S. The van der Waals surface area contributed by atoms with E-state index in [4.69, 9.17) is 4.74 Å². The minimum atomic E-state index is -3.59. The quantitative estimate of drug-likeness (QED) is 0.622. The monoisotopic (exact) mass is 431 g/mol. The fraction of sp³-hybridized carbons (Fsp3) is 0.333. The van der Waals surface area contributed by atoms with Crippen molar-refractivity contribution in [3.05, 3.63) is 54.1 Å². The van der Waals surface area contributed by atoms with Crippen LogP contribution in [0.15, 0.2) is 53.4 Å². The second-order valence-corrected chi connectivity index (χ2v) is 9.11. The second kappa shape index (κ2) is 8.85. The molecule has 1 atom stereocenters. The number of nitrogens with zero attached hydrogens (tertiary/aromatic N) is 1. The van der Waals surface area contributed by atoms with E-state index in [9.17, 15) is 18.0 Å². The lowest BCUT2D eigenvalue weighted by Crippen LogP contribution is -2.30. The SMILES string of the molecule is CC(OC(=O)c1ccc(S(=O)(=O)NC2CC2)cc1)C(=O)Nc1ccc(N(C)C)cc1. The second-order valence-electron chi connectivity index (χ2n) is 7.40. The van der Waals surface area contributed by atoms with Gasteiger partial charge in [0.15, 0.2) is 6.10 Å². The molecule has 9 heteroatoms. The van der Waals surface area contributed by atoms with Gasteiger partial charge in [-0.05, 0) is 68.3 Å². The third kappa shape index (κ3) is 5.58. The molecule has 1 saturated carbocycles. The number of carbonyl (C=O) groups is 2. The van der Waals surface area contributed by atoms with Gasteiger partial charge in [-0.1, -0.05) is 0 Å². The summed E-state index contributed by atoms with van der Waals surface area (Å²) in [6.45, 7) is 1.47. The molecule has 0 bridgehead atoms. The molecule has 160 valence electrons. The predicted molar refractivity (Wildman–Crippen MR) is 114 cm³/mol. The molecule has 0 radical (unpaired) electrons. The predicted octanol–water partition coefficient (Wildman–Crippen LogP) is 2.38. The van der Waals surface area contributed by atoms with E-state index in [-0.39, 0.29) is 16.5 Å². The molecule has 1 unspecified atom stereocenters. The fourth-order valence-corrected chi connectivity index (χ4v) is 3.93. The molecule has 0 aliphatic heterocycles. The maximum Gasteiger partial charge on any atom is 0.338 e. The first-order chi connectivity index (χ1) is 14.2. The van der Waals surface area contributed by atoms with Gasteiger partial charge in [-0.15, -0.1) is 0 Å². The zero-order chi connectivity index (χ0) is 21.9. The summed E-state index contributed by atoms with van der Waals surface area (Å²) in [7, 11) is 0.246. The maximum atomic E-state index is 12.3. The molecule has 0 aromatic heterocycles. The van der Waals surface area contributed by atoms with Crippen LogP contribution in [0.1, 0.15) is 30.1 Å². The molecule has 2 N–H and O–H groups in total. The lowest BCUT2D eigenvalue weighted by atomic mass is 10.2. The van der Waals surface area contributed by atoms with Gasteiger partial charge in [0.2, 0.25) is 10.0 Å². The van der Waals surface area contributed by atoms with E-state index in [0.29, 0.717) is 5.69 Å². The number of nitrogens with one attached hydrogen (secondary N) is 2. The third-order valence-electron chi connectivity index (χ3n) is 4.60. The van der Waals surface area contributed by atoms with Gasteiger partial charge in [-0.3, -0.25) is 4.79 Å². The van der Waals surface area contributed by atoms with Crippen LogP contribution in [-0.4, -0.2) is 46.5 Å². The van der Waals surface area contributed by atoms with Crippen molar-refractivity contribution in [2.24, 2.45) is 0 Å². The Morgan fingerprint density at radius 3 is 2.17 bits per heavy atom. The van der Waals surface area contributed by atoms with Crippen molar-refractivity contribution in [2.75, 3.05) is 24.3 Å². The Morgan fingerprint density at radius 1 is 1.03 bits per heavy atom. The molecule has 0 spiro atoms. The number of benzene rings is 2. The molecule has 2 aromatic carbocycles. The van der Waals surface area contributed by atoms with Crippen molar-refractivity contribution in [1.29, 1.82) is 0 Å². The highest BCUT2D eigenvalue weighted by atomic mass is 32.2. The number of ether oxygens (including phenoxy) is 1. The number of rotatable bonds is 8. The number of carbonyl (C=O) groups excluding carboxylic acids is 2. The van der Waals surface area contributed by atoms with E-state index >= 15 is 0 Å². The maximum absolute atomic E-state index is 12.3. The average Bonchev–Trinajstić information content (AvgIpc) is 3.51. The van der Waals surface area contributed by atoms with Crippen molar-refractivity contribution < 1.29 is 22.7 Å². The van der Waals surface area contributed by atoms with E-state index in [0.717, 1.165) is 18.5 Å². The Balaban J connectivity index is 1.57. The van der Waals surface area contributed by atoms with Crippen LogP contribution in [-0.2, 0) is 19.6 Å². The van der Waals surface area contributed by atoms with Gasteiger partial charge in [0, 0.05) is 31.5 Å². The molecular weight excluding hydrogens is 406 g/mol. The first-order valence-corrected chi connectivity index (χ1v) is 11.1. The third-order valence-corrected chi connectivity index (χ3v) is 6.14. The summed E-state index contributed by atoms with van der Waals surface area (Å²) in [6.07, 6.45) is 0.651. The van der Waals surface area contributed by atoms with Crippen LogP contribution in [0.4, 0.5) is 11.4 Å². The van der Waals surface area contributed by atoms with Gasteiger partial charge in [0.25, 0.3) is 5.91 Å². The Labute approximate surface area is 176 Å². The largest absolute Gasteiger partial charge is 0.449 e. The van der Waals surface area contributed by atoms with Crippen LogP contribution in [0.2, 0.25) is 0 Å². The summed E-state index contributed by atoms with van der Waals surface area (Å²) in [5.74, 6) is -1.17. The molecule has 8 nitrogen and oxygen atoms in total. The number of amides is 1. The number of hydrogen-bond acceptors (Lipinski definition) is 6. The average molecular weight is 432 g/mol. The van der Waals surface area contributed by atoms with Gasteiger partial charge in [0.05, 0.1) is 10.5 Å². The number of esters is 1. The van der Waals surface area contributed by atoms with Crippen LogP contribution in [0.5, 0.6) is 0 Å². The highest BCUT2D eigenvalue weighted by Gasteiger charge is 2.28. The smallest absolute Gasteiger partial charge is 0.338 e. The minimum absolute atomic E-state index is 0.00177. The van der Waals surface area contributed by atoms with Crippen molar-refractivity contribution in [3.8, 4) is 0 Å². The van der Waals surface area contributed by atoms with E-state index in [2.05, 4.69) is 10.0 Å². The number of sulfonamides is 1. The van der Waals surface area contributed by atoms with E-state index in [1.807, 2.05) is 31.1 Å². The first-order valence-electron chi connectivity index (χ1n) is 9.57. The van der Waals surface area contributed by atoms with Gasteiger partial charge in [-0.2, -0.15) is 0 Å². The van der Waals surface area contributed by atoms with E-state index in [1.54, 1.807) is 12.1 Å². The van der Waals surface area contributed by atoms with Crippen molar-refractivity contribution in [3.63, 3.8) is 0 Å². The van der Waals surface area contributed by atoms with Crippen LogP contribution >= 0.6 is 0 Å². The topological polar surface area (TPSA) is 105 Å². The highest BCUT2D eigenvalue weighted by molar-refractivity contribution is 7.89. The summed E-state index contributed by atoms with van der Waals surface area (Å²) < 4.78 is 32.1. The molecule has 1 aliphatic rings. The van der Waals surface area contributed by atoms with Crippen LogP contribution in [0.25, 0.3) is 0 Å². The van der Waals surface area contributed by atoms with Gasteiger partial charge in [0.1, 0.15) is 0 Å². The van der Waals surface area contributed by atoms with Gasteiger partial charge < -0.3 is 15.0 Å². The molecule has 1 fully saturated rings. The normalized spacial score (nSPS) is 14.6. The van der Waals surface area contributed by atoms with Crippen LogP contribution in [0.3, 0.4) is 0 Å². The van der Waals surface area contributed by atoms with E-state index < -0.39 is 28.0 Å². The fourth-order valence-electron chi connectivity index (χ4n) is 2.63. The van der Waals surface area contributed by atoms with Crippen LogP contribution < -0.4 is 14.9 Å². The lowest BCUT2D eigenvalue weighted by Gasteiger charge is -2.15. The molecule has 2 aromatic rings. The standard InChI is InChI=1S/C21H25N3O5S/c1-14(20(25)22-16-8-10-18(11-9-16)24(2)3)29-21(26)15-4-12-19(13-5-15)30(27,28)23-17-6-7-17/h4-5,8-14,17,23H,6-7H2,1-3H3,(H,22,25). The van der Waals surface area contributed by atoms with Crippen molar-refractivity contribution in [2.45, 2.75) is 36.8 Å². The zero-order valence-electron chi connectivity index (χ0n) is 17.1. The van der Waals surface area contributed by atoms with Crippen molar-refractivity contribution >= 4 is 33.3 Å². The van der Waals surface area contributed by atoms with Crippen molar-refractivity contribution in [1.82, 2.24) is 4.72 Å². The molecule has 0 heterocycles. The summed E-state index contributed by atoms with van der Waals surface area (Å²) in [4.78, 5) is 26.6. The minimum Gasteiger partial charge on any atom is -0.449 e. The molecule has 1 amide bonds. The summed E-state index contributed by atoms with van der Waals surface area (Å²) in [5, 5.41) is 2.70. The van der Waals surface area contributed by atoms with Gasteiger partial charge in [-0.25, -0.2) is 17.9 Å². The molecule has 30 heavy (non-hydrogen) atoms. The Kier molecular flexibility index (Phi) is 6.42. The lowest BCUT2D eigenvalue weighted by molar-refractivity contribution is -0.123.